The van der Waals surface area contributed by atoms with Crippen LogP contribution in [0.1, 0.15) is 59.3 Å². The normalized spacial score (nSPS) is 12.4. The molecule has 0 aliphatic heterocycles. The van der Waals surface area contributed by atoms with Crippen LogP contribution in [-0.4, -0.2) is 9.52 Å². The van der Waals surface area contributed by atoms with Gasteiger partial charge in [-0.25, -0.2) is 0 Å². The third-order valence-electron chi connectivity index (χ3n) is 3.48. The van der Waals surface area contributed by atoms with E-state index in [-0.39, 0.29) is 9.52 Å². The maximum absolute atomic E-state index is 2.46. The van der Waals surface area contributed by atoms with Gasteiger partial charge in [-0.15, -0.1) is 0 Å². The van der Waals surface area contributed by atoms with Crippen molar-refractivity contribution in [1.82, 2.24) is 0 Å². The van der Waals surface area contributed by atoms with Gasteiger partial charge in [0, 0.05) is 0 Å². The summed E-state index contributed by atoms with van der Waals surface area (Å²) < 4.78 is 0. The van der Waals surface area contributed by atoms with Crippen molar-refractivity contribution in [2.45, 2.75) is 64.3 Å². The number of hydrogen-bond donors (Lipinski definition) is 0. The molecular formula is C16H28Si. The van der Waals surface area contributed by atoms with E-state index in [4.69, 9.17) is 0 Å². The molecule has 1 aromatic rings. The Morgan fingerprint density at radius 2 is 1.59 bits per heavy atom. The molecule has 96 valence electrons. The SMILES string of the molecule is CCCCCCCC(C)(C)[SiH2]c1ccccc1. The molecule has 0 heterocycles. The van der Waals surface area contributed by atoms with E-state index in [0.717, 1.165) is 0 Å². The average Bonchev–Trinajstić information content (AvgIpc) is 2.29. The molecule has 0 unspecified atom stereocenters. The zero-order valence-corrected chi connectivity index (χ0v) is 13.3. The fraction of sp³-hybridized carbons (Fsp3) is 0.625. The van der Waals surface area contributed by atoms with E-state index in [1.165, 1.54) is 38.5 Å². The highest BCUT2D eigenvalue weighted by Crippen LogP contribution is 2.30. The molecule has 0 atom stereocenters. The highest BCUT2D eigenvalue weighted by Gasteiger charge is 2.18. The molecule has 1 aromatic carbocycles. The van der Waals surface area contributed by atoms with Gasteiger partial charge in [-0.2, -0.15) is 0 Å². The molecule has 0 amide bonds. The van der Waals surface area contributed by atoms with Gasteiger partial charge in [-0.1, -0.05) is 94.8 Å². The lowest BCUT2D eigenvalue weighted by Gasteiger charge is -2.24. The molecule has 0 spiro atoms. The van der Waals surface area contributed by atoms with Gasteiger partial charge in [0.05, 0.1) is 9.52 Å². The van der Waals surface area contributed by atoms with Crippen LogP contribution in [0.2, 0.25) is 5.04 Å². The van der Waals surface area contributed by atoms with Crippen molar-refractivity contribution in [1.29, 1.82) is 0 Å². The quantitative estimate of drug-likeness (QED) is 0.481. The van der Waals surface area contributed by atoms with Crippen LogP contribution in [0.3, 0.4) is 0 Å². The molecule has 0 nitrogen and oxygen atoms in total. The van der Waals surface area contributed by atoms with Gasteiger partial charge in [-0.3, -0.25) is 0 Å². The standard InChI is InChI=1S/C16H28Si/c1-4-5-6-7-11-14-16(2,3)17-15-12-9-8-10-13-15/h8-10,12-13H,4-7,11,14,17H2,1-3H3. The van der Waals surface area contributed by atoms with Gasteiger partial charge in [0.1, 0.15) is 0 Å². The third-order valence-corrected chi connectivity index (χ3v) is 5.67. The summed E-state index contributed by atoms with van der Waals surface area (Å²) in [5, 5.41) is 2.21. The van der Waals surface area contributed by atoms with Gasteiger partial charge in [0.15, 0.2) is 0 Å². The summed E-state index contributed by atoms with van der Waals surface area (Å²) in [4.78, 5) is 0. The maximum atomic E-state index is 2.46. The van der Waals surface area contributed by atoms with Crippen LogP contribution in [0.5, 0.6) is 0 Å². The molecular weight excluding hydrogens is 220 g/mol. The van der Waals surface area contributed by atoms with E-state index in [9.17, 15) is 0 Å². The average molecular weight is 248 g/mol. The minimum absolute atomic E-state index is 0.123. The van der Waals surface area contributed by atoms with Crippen LogP contribution in [0, 0.1) is 0 Å². The molecule has 0 radical (unpaired) electrons. The van der Waals surface area contributed by atoms with E-state index >= 15 is 0 Å². The Morgan fingerprint density at radius 3 is 2.24 bits per heavy atom. The highest BCUT2D eigenvalue weighted by molar-refractivity contribution is 6.56. The van der Waals surface area contributed by atoms with Crippen molar-refractivity contribution < 1.29 is 0 Å². The number of unbranched alkanes of at least 4 members (excludes halogenated alkanes) is 4. The fourth-order valence-electron chi connectivity index (χ4n) is 2.44. The van der Waals surface area contributed by atoms with Gasteiger partial charge < -0.3 is 0 Å². The van der Waals surface area contributed by atoms with Crippen molar-refractivity contribution in [3.05, 3.63) is 30.3 Å². The summed E-state index contributed by atoms with van der Waals surface area (Å²) in [7, 11) is -0.123. The van der Waals surface area contributed by atoms with Gasteiger partial charge >= 0.3 is 0 Å². The van der Waals surface area contributed by atoms with E-state index < -0.39 is 0 Å². The van der Waals surface area contributed by atoms with Crippen LogP contribution < -0.4 is 5.19 Å². The predicted molar refractivity (Wildman–Crippen MR) is 82.0 cm³/mol. The number of hydrogen-bond acceptors (Lipinski definition) is 0. The van der Waals surface area contributed by atoms with E-state index in [2.05, 4.69) is 51.1 Å². The molecule has 0 aliphatic rings. The Balaban J connectivity index is 2.26. The monoisotopic (exact) mass is 248 g/mol. The van der Waals surface area contributed by atoms with Crippen LogP contribution >= 0.6 is 0 Å². The Kier molecular flexibility index (Phi) is 6.57. The lowest BCUT2D eigenvalue weighted by molar-refractivity contribution is 0.531. The first-order chi connectivity index (χ1) is 8.14. The van der Waals surface area contributed by atoms with Crippen LogP contribution in [0.15, 0.2) is 30.3 Å². The molecule has 0 aliphatic carbocycles. The molecule has 1 rings (SSSR count). The van der Waals surface area contributed by atoms with Gasteiger partial charge in [0.25, 0.3) is 0 Å². The predicted octanol–water partition coefficient (Wildman–Crippen LogP) is 4.04. The van der Waals surface area contributed by atoms with Crippen molar-refractivity contribution >= 4 is 14.7 Å². The summed E-state index contributed by atoms with van der Waals surface area (Å²) in [6, 6.07) is 11.1. The molecule has 0 fully saturated rings. The van der Waals surface area contributed by atoms with Crippen LogP contribution in [0.25, 0.3) is 0 Å². The Labute approximate surface area is 110 Å². The second-order valence-electron chi connectivity index (χ2n) is 5.99. The molecule has 0 aromatic heterocycles. The lowest BCUT2D eigenvalue weighted by atomic mass is 10.0. The molecule has 0 saturated heterocycles. The highest BCUT2D eigenvalue weighted by atomic mass is 28.2. The van der Waals surface area contributed by atoms with E-state index in [1.54, 1.807) is 5.19 Å². The first-order valence-corrected chi connectivity index (χ1v) is 8.59. The fourth-order valence-corrected chi connectivity index (χ4v) is 4.48. The topological polar surface area (TPSA) is 0 Å². The van der Waals surface area contributed by atoms with Crippen LogP contribution in [-0.2, 0) is 0 Å². The number of benzene rings is 1. The first kappa shape index (κ1) is 14.5. The summed E-state index contributed by atoms with van der Waals surface area (Å²) in [5.41, 5.74) is 0. The van der Waals surface area contributed by atoms with Crippen molar-refractivity contribution in [3.63, 3.8) is 0 Å². The Morgan fingerprint density at radius 1 is 0.941 bits per heavy atom. The second kappa shape index (κ2) is 7.70. The van der Waals surface area contributed by atoms with Gasteiger partial charge in [0.2, 0.25) is 0 Å². The van der Waals surface area contributed by atoms with Crippen molar-refractivity contribution in [2.75, 3.05) is 0 Å². The largest absolute Gasteiger partial charge is 0.0664 e. The molecule has 0 N–H and O–H groups in total. The Hall–Kier alpha value is -0.563. The first-order valence-electron chi connectivity index (χ1n) is 7.18. The summed E-state index contributed by atoms with van der Waals surface area (Å²) in [6.07, 6.45) is 8.46. The zero-order chi connectivity index (χ0) is 12.6. The molecule has 0 saturated carbocycles. The van der Waals surface area contributed by atoms with Crippen LogP contribution in [0.4, 0.5) is 0 Å². The van der Waals surface area contributed by atoms with E-state index in [0.29, 0.717) is 5.04 Å². The Bertz CT molecular complexity index is 290. The summed E-state index contributed by atoms with van der Waals surface area (Å²) >= 11 is 0. The molecule has 0 bridgehead atoms. The molecule has 17 heavy (non-hydrogen) atoms. The summed E-state index contributed by atoms with van der Waals surface area (Å²) in [5.74, 6) is 0. The smallest absolute Gasteiger partial charge is 0.0603 e. The van der Waals surface area contributed by atoms with E-state index in [1.807, 2.05) is 0 Å². The second-order valence-corrected chi connectivity index (χ2v) is 9.08. The lowest BCUT2D eigenvalue weighted by Crippen LogP contribution is -2.25. The minimum Gasteiger partial charge on any atom is -0.0664 e. The van der Waals surface area contributed by atoms with Crippen molar-refractivity contribution in [2.24, 2.45) is 0 Å². The number of rotatable bonds is 8. The summed E-state index contributed by atoms with van der Waals surface area (Å²) in [6.45, 7) is 7.21. The van der Waals surface area contributed by atoms with Gasteiger partial charge in [-0.05, 0) is 5.04 Å². The molecule has 1 heteroatoms. The minimum atomic E-state index is -0.123. The maximum Gasteiger partial charge on any atom is 0.0603 e. The zero-order valence-electron chi connectivity index (χ0n) is 11.8. The van der Waals surface area contributed by atoms with Crippen molar-refractivity contribution in [3.8, 4) is 0 Å². The third kappa shape index (κ3) is 6.67.